The number of aromatic nitrogens is 3. The number of ether oxygens (including phenoxy) is 1. The van der Waals surface area contributed by atoms with Crippen molar-refractivity contribution in [1.29, 1.82) is 0 Å². The van der Waals surface area contributed by atoms with E-state index in [1.807, 2.05) is 43.3 Å². The summed E-state index contributed by atoms with van der Waals surface area (Å²) in [6.45, 7) is 1.87. The molecule has 7 nitrogen and oxygen atoms in total. The molecule has 3 heterocycles. The summed E-state index contributed by atoms with van der Waals surface area (Å²) in [5, 5.41) is 9.76. The number of hydroxylamine groups is 1. The summed E-state index contributed by atoms with van der Waals surface area (Å²) in [5.41, 5.74) is 6.68. The number of fused-ring (bicyclic) bond motifs is 1. The topological polar surface area (TPSA) is 97.2 Å². The summed E-state index contributed by atoms with van der Waals surface area (Å²) in [6, 6.07) is 11.7. The van der Waals surface area contributed by atoms with Crippen LogP contribution in [0.1, 0.15) is 15.9 Å². The maximum absolute atomic E-state index is 12.4. The zero-order chi connectivity index (χ0) is 20.4. The first kappa shape index (κ1) is 18.5. The number of rotatable bonds is 4. The van der Waals surface area contributed by atoms with Crippen molar-refractivity contribution < 1.29 is 14.7 Å². The molecule has 0 atom stereocenters. The third kappa shape index (κ3) is 3.28. The Kier molecular flexibility index (Phi) is 4.88. The van der Waals surface area contributed by atoms with Gasteiger partial charge in [-0.3, -0.25) is 20.0 Å². The highest BCUT2D eigenvalue weighted by Gasteiger charge is 2.23. The minimum absolute atomic E-state index is 0.185. The average Bonchev–Trinajstić information content (AvgIpc) is 2.78. The van der Waals surface area contributed by atoms with Crippen LogP contribution in [0.2, 0.25) is 0 Å². The Labute approximate surface area is 167 Å². The second-order valence-electron chi connectivity index (χ2n) is 6.48. The quantitative estimate of drug-likeness (QED) is 0.409. The van der Waals surface area contributed by atoms with E-state index in [2.05, 4.69) is 9.97 Å². The molecule has 29 heavy (non-hydrogen) atoms. The summed E-state index contributed by atoms with van der Waals surface area (Å²) >= 11 is 0. The fraction of sp³-hybridized carbons (Fsp3) is 0.0909. The minimum atomic E-state index is -0.684. The number of carbonyl (C=O) groups excluding carboxylic acids is 1. The molecule has 0 bridgehead atoms. The lowest BCUT2D eigenvalue weighted by atomic mass is 9.99. The van der Waals surface area contributed by atoms with E-state index in [1.54, 1.807) is 30.3 Å². The van der Waals surface area contributed by atoms with E-state index in [1.165, 1.54) is 7.11 Å². The molecule has 4 rings (SSSR count). The van der Waals surface area contributed by atoms with Crippen LogP contribution in [0.4, 0.5) is 0 Å². The van der Waals surface area contributed by atoms with E-state index < -0.39 is 5.91 Å². The number of aryl methyl sites for hydroxylation is 1. The second-order valence-corrected chi connectivity index (χ2v) is 6.48. The number of pyridine rings is 3. The molecule has 7 heteroatoms. The SMILES string of the molecule is COc1c(-c2ccc(-c3ccncc3)cc2)nc2c(C)cncc2c1C(=O)NO. The summed E-state index contributed by atoms with van der Waals surface area (Å²) in [4.78, 5) is 25.4. The van der Waals surface area contributed by atoms with Crippen molar-refractivity contribution in [1.82, 2.24) is 20.4 Å². The largest absolute Gasteiger partial charge is 0.494 e. The number of nitrogens with one attached hydrogen (secondary N) is 1. The van der Waals surface area contributed by atoms with Gasteiger partial charge in [0.25, 0.3) is 5.91 Å². The van der Waals surface area contributed by atoms with Gasteiger partial charge in [0.05, 0.1) is 18.2 Å². The number of methoxy groups -OCH3 is 1. The zero-order valence-electron chi connectivity index (χ0n) is 15.9. The molecule has 0 fully saturated rings. The second kappa shape index (κ2) is 7.65. The van der Waals surface area contributed by atoms with Crippen molar-refractivity contribution in [2.75, 3.05) is 7.11 Å². The van der Waals surface area contributed by atoms with Gasteiger partial charge in [0, 0.05) is 35.7 Å². The van der Waals surface area contributed by atoms with Gasteiger partial charge >= 0.3 is 0 Å². The highest BCUT2D eigenvalue weighted by atomic mass is 16.5. The molecule has 0 radical (unpaired) electrons. The normalized spacial score (nSPS) is 10.7. The fourth-order valence-corrected chi connectivity index (χ4v) is 3.33. The van der Waals surface area contributed by atoms with Crippen LogP contribution in [0.15, 0.2) is 61.2 Å². The molecule has 0 aliphatic carbocycles. The summed E-state index contributed by atoms with van der Waals surface area (Å²) in [6.07, 6.45) is 6.71. The van der Waals surface area contributed by atoms with Gasteiger partial charge in [0.1, 0.15) is 5.69 Å². The van der Waals surface area contributed by atoms with E-state index >= 15 is 0 Å². The van der Waals surface area contributed by atoms with E-state index in [0.29, 0.717) is 16.6 Å². The van der Waals surface area contributed by atoms with Crippen molar-refractivity contribution >= 4 is 16.8 Å². The Morgan fingerprint density at radius 2 is 1.62 bits per heavy atom. The molecule has 1 amide bonds. The monoisotopic (exact) mass is 386 g/mol. The van der Waals surface area contributed by atoms with Crippen molar-refractivity contribution in [3.05, 3.63) is 72.3 Å². The number of benzene rings is 1. The molecular weight excluding hydrogens is 368 g/mol. The lowest BCUT2D eigenvalue weighted by Crippen LogP contribution is -2.20. The van der Waals surface area contributed by atoms with Gasteiger partial charge in [-0.25, -0.2) is 10.5 Å². The van der Waals surface area contributed by atoms with Crippen LogP contribution in [0.3, 0.4) is 0 Å². The summed E-state index contributed by atoms with van der Waals surface area (Å²) in [5.74, 6) is -0.413. The van der Waals surface area contributed by atoms with Crippen LogP contribution in [-0.2, 0) is 0 Å². The smallest absolute Gasteiger partial charge is 0.279 e. The predicted molar refractivity (Wildman–Crippen MR) is 109 cm³/mol. The highest BCUT2D eigenvalue weighted by Crippen LogP contribution is 2.37. The molecular formula is C22H18N4O3. The molecule has 0 aliphatic heterocycles. The molecule has 0 unspecified atom stereocenters. The van der Waals surface area contributed by atoms with Gasteiger partial charge in [-0.05, 0) is 35.7 Å². The molecule has 3 aromatic heterocycles. The lowest BCUT2D eigenvalue weighted by molar-refractivity contribution is 0.0705. The van der Waals surface area contributed by atoms with Crippen LogP contribution in [-0.4, -0.2) is 33.2 Å². The Balaban J connectivity index is 1.93. The number of amides is 1. The highest BCUT2D eigenvalue weighted by molar-refractivity contribution is 6.10. The number of hydrogen-bond acceptors (Lipinski definition) is 6. The maximum Gasteiger partial charge on any atom is 0.279 e. The van der Waals surface area contributed by atoms with Crippen molar-refractivity contribution in [2.45, 2.75) is 6.92 Å². The molecule has 0 saturated heterocycles. The molecule has 0 spiro atoms. The van der Waals surface area contributed by atoms with Crippen molar-refractivity contribution in [3.63, 3.8) is 0 Å². The predicted octanol–water partition coefficient (Wildman–Crippen LogP) is 3.79. The van der Waals surface area contributed by atoms with Gasteiger partial charge in [-0.1, -0.05) is 24.3 Å². The molecule has 0 aliphatic rings. The molecule has 4 aromatic rings. The van der Waals surface area contributed by atoms with Crippen LogP contribution >= 0.6 is 0 Å². The lowest BCUT2D eigenvalue weighted by Gasteiger charge is -2.16. The van der Waals surface area contributed by atoms with Crippen molar-refractivity contribution in [2.24, 2.45) is 0 Å². The maximum atomic E-state index is 12.4. The Bertz CT molecular complexity index is 1190. The Hall–Kier alpha value is -3.84. The Morgan fingerprint density at radius 1 is 0.966 bits per heavy atom. The molecule has 2 N–H and O–H groups in total. The Morgan fingerprint density at radius 3 is 2.28 bits per heavy atom. The average molecular weight is 386 g/mol. The van der Waals surface area contributed by atoms with E-state index in [-0.39, 0.29) is 11.3 Å². The number of hydrogen-bond donors (Lipinski definition) is 2. The van der Waals surface area contributed by atoms with Crippen molar-refractivity contribution in [3.8, 4) is 28.1 Å². The van der Waals surface area contributed by atoms with Crippen LogP contribution in [0.25, 0.3) is 33.3 Å². The van der Waals surface area contributed by atoms with Gasteiger partial charge in [-0.15, -0.1) is 0 Å². The minimum Gasteiger partial charge on any atom is -0.494 e. The van der Waals surface area contributed by atoms with Crippen LogP contribution < -0.4 is 10.2 Å². The molecule has 144 valence electrons. The summed E-state index contributed by atoms with van der Waals surface area (Å²) in [7, 11) is 1.47. The first-order valence-corrected chi connectivity index (χ1v) is 8.91. The van der Waals surface area contributed by atoms with Gasteiger partial charge in [0.2, 0.25) is 0 Å². The summed E-state index contributed by atoms with van der Waals surface area (Å²) < 4.78 is 5.55. The third-order valence-corrected chi connectivity index (χ3v) is 4.74. The van der Waals surface area contributed by atoms with E-state index in [0.717, 1.165) is 22.3 Å². The molecule has 0 saturated carbocycles. The van der Waals surface area contributed by atoms with Gasteiger partial charge < -0.3 is 4.74 Å². The number of carbonyl (C=O) groups is 1. The van der Waals surface area contributed by atoms with Gasteiger partial charge in [-0.2, -0.15) is 0 Å². The molecule has 1 aromatic carbocycles. The van der Waals surface area contributed by atoms with E-state index in [9.17, 15) is 10.0 Å². The first-order valence-electron chi connectivity index (χ1n) is 8.91. The van der Waals surface area contributed by atoms with Crippen LogP contribution in [0.5, 0.6) is 5.75 Å². The third-order valence-electron chi connectivity index (χ3n) is 4.74. The van der Waals surface area contributed by atoms with Crippen LogP contribution in [0, 0.1) is 6.92 Å². The zero-order valence-corrected chi connectivity index (χ0v) is 15.9. The van der Waals surface area contributed by atoms with Gasteiger partial charge in [0.15, 0.2) is 5.75 Å². The van der Waals surface area contributed by atoms with E-state index in [4.69, 9.17) is 9.72 Å². The standard InChI is InChI=1S/C22H18N4O3/c1-13-11-24-12-17-18(22(27)26-28)21(29-2)20(25-19(13)17)16-5-3-14(4-6-16)15-7-9-23-10-8-15/h3-12,28H,1-2H3,(H,26,27). The number of nitrogens with zero attached hydrogens (tertiary/aromatic N) is 3. The fourth-order valence-electron chi connectivity index (χ4n) is 3.33. The first-order chi connectivity index (χ1) is 14.1.